The van der Waals surface area contributed by atoms with Crippen LogP contribution < -0.4 is 0 Å². The Labute approximate surface area is 238 Å². The zero-order chi connectivity index (χ0) is 27.0. The molecule has 203 valence electrons. The molecule has 0 bridgehead atoms. The molecule has 3 nitrogen and oxygen atoms in total. The maximum absolute atomic E-state index is 11.5. The van der Waals surface area contributed by atoms with E-state index in [1.165, 1.54) is 28.0 Å². The van der Waals surface area contributed by atoms with Crippen molar-refractivity contribution in [2.24, 2.45) is 23.7 Å². The van der Waals surface area contributed by atoms with Gasteiger partial charge >= 0.3 is 0 Å². The van der Waals surface area contributed by atoms with Gasteiger partial charge in [0.15, 0.2) is 5.78 Å². The average molecular weight is 679 g/mol. The predicted octanol–water partition coefficient (Wildman–Crippen LogP) is 8.85. The van der Waals surface area contributed by atoms with Gasteiger partial charge in [0, 0.05) is 44.2 Å². The molecule has 0 spiro atoms. The molecule has 3 rings (SSSR count). The van der Waals surface area contributed by atoms with Gasteiger partial charge < -0.3 is 10.1 Å². The van der Waals surface area contributed by atoms with Crippen molar-refractivity contribution in [2.45, 2.75) is 75.2 Å². The largest absolute Gasteiger partial charge is 0.512 e. The van der Waals surface area contributed by atoms with Crippen LogP contribution in [-0.2, 0) is 31.3 Å². The molecule has 1 heterocycles. The van der Waals surface area contributed by atoms with Gasteiger partial charge in [0.25, 0.3) is 0 Å². The molecule has 0 aliphatic carbocycles. The molecule has 2 aromatic carbocycles. The minimum absolute atomic E-state index is 0. The van der Waals surface area contributed by atoms with Crippen LogP contribution in [0.1, 0.15) is 71.6 Å². The second-order valence-electron chi connectivity index (χ2n) is 10.9. The summed E-state index contributed by atoms with van der Waals surface area (Å²) < 4.78 is 0. The number of hydrogen-bond acceptors (Lipinski definition) is 3. The Morgan fingerprint density at radius 2 is 1.70 bits per heavy atom. The van der Waals surface area contributed by atoms with Crippen LogP contribution in [0.15, 0.2) is 54.4 Å². The van der Waals surface area contributed by atoms with Crippen LogP contribution in [0.3, 0.4) is 0 Å². The van der Waals surface area contributed by atoms with E-state index < -0.39 is 0 Å². The number of pyridine rings is 1. The van der Waals surface area contributed by atoms with Crippen molar-refractivity contribution >= 4 is 16.6 Å². The first kappa shape index (κ1) is 32.7. The second-order valence-corrected chi connectivity index (χ2v) is 10.9. The first-order valence-electron chi connectivity index (χ1n) is 13.3. The zero-order valence-corrected chi connectivity index (χ0v) is 26.4. The van der Waals surface area contributed by atoms with E-state index in [-0.39, 0.29) is 43.5 Å². The van der Waals surface area contributed by atoms with E-state index in [1.54, 1.807) is 0 Å². The van der Waals surface area contributed by atoms with Crippen LogP contribution in [0.5, 0.6) is 0 Å². The molecule has 0 fully saturated rings. The Morgan fingerprint density at radius 3 is 2.27 bits per heavy atom. The number of nitrogens with zero attached hydrogens (tertiary/aromatic N) is 1. The molecule has 1 radical (unpaired) electrons. The van der Waals surface area contributed by atoms with Crippen LogP contribution in [0, 0.1) is 43.6 Å². The van der Waals surface area contributed by atoms with Gasteiger partial charge in [-0.3, -0.25) is 4.79 Å². The van der Waals surface area contributed by atoms with E-state index in [9.17, 15) is 9.90 Å². The summed E-state index contributed by atoms with van der Waals surface area (Å²) in [6.45, 7) is 18.6. The van der Waals surface area contributed by atoms with Gasteiger partial charge in [-0.15, -0.1) is 34.9 Å². The fraction of sp³-hybridized carbons (Fsp3) is 0.455. The summed E-state index contributed by atoms with van der Waals surface area (Å²) in [5.74, 6) is 1.34. The number of fused-ring (bicyclic) bond motifs is 1. The van der Waals surface area contributed by atoms with Gasteiger partial charge in [0.2, 0.25) is 0 Å². The molecule has 0 amide bonds. The second kappa shape index (κ2) is 15.2. The third kappa shape index (κ3) is 9.83. The summed E-state index contributed by atoms with van der Waals surface area (Å²) >= 11 is 0. The molecular weight excluding hydrogens is 635 g/mol. The number of carbonyl (C=O) groups is 1. The van der Waals surface area contributed by atoms with Gasteiger partial charge in [-0.1, -0.05) is 80.5 Å². The number of aliphatic hydroxyl groups excluding tert-OH is 1. The molecule has 0 saturated heterocycles. The van der Waals surface area contributed by atoms with Crippen LogP contribution >= 0.6 is 0 Å². The minimum Gasteiger partial charge on any atom is -0.512 e. The average Bonchev–Trinajstić information content (AvgIpc) is 2.81. The number of rotatable bonds is 8. The van der Waals surface area contributed by atoms with Crippen LogP contribution in [0.2, 0.25) is 0 Å². The van der Waals surface area contributed by atoms with Gasteiger partial charge in [0.05, 0.1) is 5.76 Å². The smallest absolute Gasteiger partial charge is 0.161 e. The molecule has 0 aliphatic rings. The van der Waals surface area contributed by atoms with Crippen LogP contribution in [0.4, 0.5) is 0 Å². The Hall–Kier alpha value is -2.29. The summed E-state index contributed by atoms with van der Waals surface area (Å²) in [6.07, 6.45) is 5.23. The summed E-state index contributed by atoms with van der Waals surface area (Å²) in [7, 11) is 0. The molecule has 2 unspecified atom stereocenters. The van der Waals surface area contributed by atoms with Gasteiger partial charge in [-0.05, 0) is 52.8 Å². The van der Waals surface area contributed by atoms with Crippen molar-refractivity contribution in [1.82, 2.24) is 4.98 Å². The topological polar surface area (TPSA) is 50.2 Å². The Balaban J connectivity index is 0.000000401. The van der Waals surface area contributed by atoms with Crippen LogP contribution in [0.25, 0.3) is 22.0 Å². The number of hydrogen-bond donors (Lipinski definition) is 1. The van der Waals surface area contributed by atoms with Crippen molar-refractivity contribution in [2.75, 3.05) is 0 Å². The Kier molecular flexibility index (Phi) is 13.4. The molecule has 2 atom stereocenters. The minimum atomic E-state index is 0. The number of aromatic nitrogens is 1. The number of ketones is 1. The SMILES string of the molecule is CCC(C)C(=O)/C=C(\O)C(C)C(C)C.Cc1[c-]c(-c2nccc3cc(CC(C)C)ccc23)cc(C)c1.[Ir]. The van der Waals surface area contributed by atoms with E-state index in [2.05, 4.69) is 75.1 Å². The summed E-state index contributed by atoms with van der Waals surface area (Å²) in [6, 6.07) is 16.6. The quantitative estimate of drug-likeness (QED) is 0.147. The van der Waals surface area contributed by atoms with E-state index in [0.717, 1.165) is 29.7 Å². The fourth-order valence-electron chi connectivity index (χ4n) is 4.03. The molecule has 37 heavy (non-hydrogen) atoms. The van der Waals surface area contributed by atoms with E-state index in [0.29, 0.717) is 11.8 Å². The number of benzene rings is 2. The molecular formula is C33H44IrNO2-. The number of carbonyl (C=O) groups excluding carboxylic acids is 1. The molecule has 3 aromatic rings. The van der Waals surface area contributed by atoms with E-state index in [4.69, 9.17) is 0 Å². The van der Waals surface area contributed by atoms with Crippen molar-refractivity contribution in [1.29, 1.82) is 0 Å². The Morgan fingerprint density at radius 1 is 1.03 bits per heavy atom. The number of aryl methyl sites for hydroxylation is 2. The van der Waals surface area contributed by atoms with Crippen molar-refractivity contribution in [3.8, 4) is 11.3 Å². The number of allylic oxidation sites excluding steroid dienone is 2. The maximum atomic E-state index is 11.5. The predicted molar refractivity (Wildman–Crippen MR) is 153 cm³/mol. The number of aliphatic hydroxyl groups is 1. The molecule has 0 aliphatic heterocycles. The fourth-order valence-corrected chi connectivity index (χ4v) is 4.03. The standard InChI is InChI=1S/C21H22N.C12H22O2.Ir/c1-14(2)9-17-5-6-20-18(13-17)7-8-22-21(20)19-11-15(3)10-16(4)12-19;1-6-9(4)11(13)7-12(14)10(5)8(2)3;/h5-8,10-11,13-14H,9H2,1-4H3;7-10,14H,6H2,1-5H3;/q-1;;/b;12-7-;. The maximum Gasteiger partial charge on any atom is 0.161 e. The monoisotopic (exact) mass is 679 g/mol. The van der Waals surface area contributed by atoms with Crippen molar-refractivity contribution in [3.63, 3.8) is 0 Å². The van der Waals surface area contributed by atoms with Crippen molar-refractivity contribution < 1.29 is 30.0 Å². The Bertz CT molecular complexity index is 1180. The van der Waals surface area contributed by atoms with Crippen LogP contribution in [-0.4, -0.2) is 15.9 Å². The zero-order valence-electron chi connectivity index (χ0n) is 24.0. The third-order valence-electron chi connectivity index (χ3n) is 6.73. The van der Waals surface area contributed by atoms with E-state index in [1.807, 2.05) is 40.8 Å². The van der Waals surface area contributed by atoms with Gasteiger partial charge in [0.1, 0.15) is 0 Å². The summed E-state index contributed by atoms with van der Waals surface area (Å²) in [4.78, 5) is 16.1. The summed E-state index contributed by atoms with van der Waals surface area (Å²) in [5.41, 5.74) is 5.91. The summed E-state index contributed by atoms with van der Waals surface area (Å²) in [5, 5.41) is 12.1. The first-order chi connectivity index (χ1) is 16.9. The first-order valence-corrected chi connectivity index (χ1v) is 13.3. The molecule has 1 N–H and O–H groups in total. The van der Waals surface area contributed by atoms with Gasteiger partial charge in [-0.25, -0.2) is 0 Å². The molecule has 0 saturated carbocycles. The van der Waals surface area contributed by atoms with Crippen molar-refractivity contribution in [3.05, 3.63) is 77.2 Å². The van der Waals surface area contributed by atoms with Gasteiger partial charge in [-0.2, -0.15) is 0 Å². The third-order valence-corrected chi connectivity index (χ3v) is 6.73. The van der Waals surface area contributed by atoms with E-state index >= 15 is 0 Å². The normalized spacial score (nSPS) is 13.1. The molecule has 4 heteroatoms. The molecule has 1 aromatic heterocycles.